The first-order chi connectivity index (χ1) is 14.4. The molecule has 30 heavy (non-hydrogen) atoms. The standard InChI is InChI=1S/C22H29Cl2N3O3/c1-16(25(2)18-8-13-30-14-9-18)27-12-11-26(10-7-22(27)29)21(28)6-4-17-3-5-19(23)20(24)15-17/h3-6,15-16,18H,7-14H2,1-2H3/b6-4+. The fourth-order valence-electron chi connectivity index (χ4n) is 3.96. The quantitative estimate of drug-likeness (QED) is 0.639. The SMILES string of the molecule is CC(N1CCN(C(=O)/C=C/c2ccc(Cl)c(Cl)c2)CCC1=O)N(C)C1CCOCC1. The number of nitrogens with zero attached hydrogens (tertiary/aromatic N) is 3. The van der Waals surface area contributed by atoms with Gasteiger partial charge in [0.1, 0.15) is 0 Å². The Balaban J connectivity index is 1.59. The van der Waals surface area contributed by atoms with E-state index in [1.165, 1.54) is 6.08 Å². The average Bonchev–Trinajstić information content (AvgIpc) is 2.95. The molecule has 1 atom stereocenters. The van der Waals surface area contributed by atoms with Crippen molar-refractivity contribution in [3.05, 3.63) is 39.9 Å². The highest BCUT2D eigenvalue weighted by atomic mass is 35.5. The molecule has 0 saturated carbocycles. The predicted molar refractivity (Wildman–Crippen MR) is 119 cm³/mol. The van der Waals surface area contributed by atoms with E-state index in [-0.39, 0.29) is 18.0 Å². The minimum atomic E-state index is -0.110. The molecule has 2 amide bonds. The molecule has 2 fully saturated rings. The van der Waals surface area contributed by atoms with Crippen molar-refractivity contribution in [2.24, 2.45) is 0 Å². The monoisotopic (exact) mass is 453 g/mol. The van der Waals surface area contributed by atoms with Crippen molar-refractivity contribution in [3.63, 3.8) is 0 Å². The largest absolute Gasteiger partial charge is 0.381 e. The summed E-state index contributed by atoms with van der Waals surface area (Å²) < 4.78 is 5.45. The van der Waals surface area contributed by atoms with Crippen LogP contribution in [0.1, 0.15) is 31.7 Å². The van der Waals surface area contributed by atoms with Crippen molar-refractivity contribution < 1.29 is 14.3 Å². The Kier molecular flexibility index (Phi) is 8.17. The summed E-state index contributed by atoms with van der Waals surface area (Å²) in [6.07, 6.45) is 5.52. The molecular weight excluding hydrogens is 425 g/mol. The summed E-state index contributed by atoms with van der Waals surface area (Å²) in [7, 11) is 2.07. The first-order valence-electron chi connectivity index (χ1n) is 10.4. The summed E-state index contributed by atoms with van der Waals surface area (Å²) in [6.45, 7) is 5.07. The molecule has 0 bridgehead atoms. The molecule has 1 unspecified atom stereocenters. The highest BCUT2D eigenvalue weighted by Gasteiger charge is 2.31. The number of carbonyl (C=O) groups is 2. The van der Waals surface area contributed by atoms with Crippen LogP contribution in [0.25, 0.3) is 6.08 Å². The molecule has 1 aromatic rings. The highest BCUT2D eigenvalue weighted by Crippen LogP contribution is 2.23. The number of hydrogen-bond donors (Lipinski definition) is 0. The van der Waals surface area contributed by atoms with Crippen LogP contribution in [0.2, 0.25) is 10.0 Å². The minimum Gasteiger partial charge on any atom is -0.381 e. The van der Waals surface area contributed by atoms with Crippen LogP contribution in [0.3, 0.4) is 0 Å². The van der Waals surface area contributed by atoms with Gasteiger partial charge in [-0.25, -0.2) is 0 Å². The Hall–Kier alpha value is -1.60. The van der Waals surface area contributed by atoms with Crippen LogP contribution in [-0.4, -0.2) is 78.6 Å². The summed E-state index contributed by atoms with van der Waals surface area (Å²) in [5, 5.41) is 0.927. The number of ether oxygens (including phenoxy) is 1. The lowest BCUT2D eigenvalue weighted by atomic mass is 10.1. The lowest BCUT2D eigenvalue weighted by Gasteiger charge is -2.40. The zero-order valence-electron chi connectivity index (χ0n) is 17.5. The zero-order valence-corrected chi connectivity index (χ0v) is 19.0. The minimum absolute atomic E-state index is 0.0117. The Morgan fingerprint density at radius 3 is 2.63 bits per heavy atom. The lowest BCUT2D eigenvalue weighted by Crippen LogP contribution is -2.53. The topological polar surface area (TPSA) is 53.1 Å². The number of amides is 2. The molecule has 2 aliphatic rings. The Morgan fingerprint density at radius 2 is 1.93 bits per heavy atom. The normalized spacial score (nSPS) is 20.1. The van der Waals surface area contributed by atoms with Gasteiger partial charge in [-0.2, -0.15) is 0 Å². The second-order valence-electron chi connectivity index (χ2n) is 7.81. The van der Waals surface area contributed by atoms with Crippen LogP contribution in [-0.2, 0) is 14.3 Å². The maximum Gasteiger partial charge on any atom is 0.246 e. The predicted octanol–water partition coefficient (Wildman–Crippen LogP) is 3.52. The number of rotatable bonds is 5. The van der Waals surface area contributed by atoms with E-state index in [0.717, 1.165) is 31.6 Å². The second kappa shape index (κ2) is 10.6. The molecule has 2 aliphatic heterocycles. The van der Waals surface area contributed by atoms with Crippen LogP contribution in [0.5, 0.6) is 0 Å². The van der Waals surface area contributed by atoms with Gasteiger partial charge in [-0.05, 0) is 50.6 Å². The molecule has 164 valence electrons. The maximum atomic E-state index is 12.8. The molecule has 2 saturated heterocycles. The van der Waals surface area contributed by atoms with Crippen LogP contribution >= 0.6 is 23.2 Å². The van der Waals surface area contributed by atoms with E-state index in [2.05, 4.69) is 18.9 Å². The number of halogens is 2. The molecule has 8 heteroatoms. The van der Waals surface area contributed by atoms with Crippen LogP contribution in [0.4, 0.5) is 0 Å². The van der Waals surface area contributed by atoms with E-state index < -0.39 is 0 Å². The van der Waals surface area contributed by atoms with Gasteiger partial charge in [0.2, 0.25) is 11.8 Å². The molecule has 0 aromatic heterocycles. The summed E-state index contributed by atoms with van der Waals surface area (Å²) >= 11 is 12.0. The van der Waals surface area contributed by atoms with Crippen LogP contribution in [0.15, 0.2) is 24.3 Å². The van der Waals surface area contributed by atoms with Gasteiger partial charge in [-0.3, -0.25) is 14.5 Å². The summed E-state index contributed by atoms with van der Waals surface area (Å²) in [6, 6.07) is 5.64. The first-order valence-corrected chi connectivity index (χ1v) is 11.1. The van der Waals surface area contributed by atoms with Gasteiger partial charge in [-0.15, -0.1) is 0 Å². The second-order valence-corrected chi connectivity index (χ2v) is 8.62. The molecule has 0 spiro atoms. The first kappa shape index (κ1) is 23.1. The highest BCUT2D eigenvalue weighted by molar-refractivity contribution is 6.42. The molecule has 0 radical (unpaired) electrons. The average molecular weight is 454 g/mol. The van der Waals surface area contributed by atoms with Crippen molar-refractivity contribution >= 4 is 41.1 Å². The fraction of sp³-hybridized carbons (Fsp3) is 0.545. The molecule has 0 N–H and O–H groups in total. The third-order valence-corrected chi connectivity index (χ3v) is 6.75. The van der Waals surface area contributed by atoms with Crippen molar-refractivity contribution in [2.45, 2.75) is 38.4 Å². The van der Waals surface area contributed by atoms with E-state index in [4.69, 9.17) is 27.9 Å². The molecule has 2 heterocycles. The number of carbonyl (C=O) groups excluding carboxylic acids is 2. The number of benzene rings is 1. The van der Waals surface area contributed by atoms with Gasteiger partial charge in [0.25, 0.3) is 0 Å². The van der Waals surface area contributed by atoms with Crippen molar-refractivity contribution in [1.29, 1.82) is 0 Å². The summed E-state index contributed by atoms with van der Waals surface area (Å²) in [5.74, 6) is -0.0219. The smallest absolute Gasteiger partial charge is 0.246 e. The van der Waals surface area contributed by atoms with Gasteiger partial charge < -0.3 is 14.5 Å². The third kappa shape index (κ3) is 5.76. The van der Waals surface area contributed by atoms with Crippen molar-refractivity contribution in [1.82, 2.24) is 14.7 Å². The van der Waals surface area contributed by atoms with Gasteiger partial charge in [-0.1, -0.05) is 29.3 Å². The lowest BCUT2D eigenvalue weighted by molar-refractivity contribution is -0.137. The molecule has 6 nitrogen and oxygen atoms in total. The number of hydrogen-bond acceptors (Lipinski definition) is 4. The molecule has 0 aliphatic carbocycles. The van der Waals surface area contributed by atoms with Gasteiger partial charge in [0, 0.05) is 51.4 Å². The maximum absolute atomic E-state index is 12.8. The van der Waals surface area contributed by atoms with E-state index in [1.54, 1.807) is 29.2 Å². The van der Waals surface area contributed by atoms with E-state index in [1.807, 2.05) is 4.90 Å². The summed E-state index contributed by atoms with van der Waals surface area (Å²) in [4.78, 5) is 31.3. The van der Waals surface area contributed by atoms with E-state index >= 15 is 0 Å². The van der Waals surface area contributed by atoms with Crippen LogP contribution < -0.4 is 0 Å². The van der Waals surface area contributed by atoms with Gasteiger partial charge >= 0.3 is 0 Å². The van der Waals surface area contributed by atoms with Gasteiger partial charge in [0.15, 0.2) is 0 Å². The molecule has 1 aromatic carbocycles. The van der Waals surface area contributed by atoms with Crippen molar-refractivity contribution in [2.75, 3.05) is 39.9 Å². The zero-order chi connectivity index (χ0) is 21.7. The summed E-state index contributed by atoms with van der Waals surface area (Å²) in [5.41, 5.74) is 0.803. The Morgan fingerprint density at radius 1 is 1.20 bits per heavy atom. The van der Waals surface area contributed by atoms with E-state index in [9.17, 15) is 9.59 Å². The van der Waals surface area contributed by atoms with Crippen molar-refractivity contribution in [3.8, 4) is 0 Å². The van der Waals surface area contributed by atoms with Crippen LogP contribution in [0, 0.1) is 0 Å². The fourth-order valence-corrected chi connectivity index (χ4v) is 4.27. The molecular formula is C22H29Cl2N3O3. The molecule has 3 rings (SSSR count). The van der Waals surface area contributed by atoms with E-state index in [0.29, 0.717) is 42.1 Å². The Bertz CT molecular complexity index is 796. The van der Waals surface area contributed by atoms with Gasteiger partial charge in [0.05, 0.1) is 16.2 Å². The third-order valence-electron chi connectivity index (χ3n) is 6.01. The Labute approximate surface area is 188 Å².